The highest BCUT2D eigenvalue weighted by molar-refractivity contribution is 6.29. The molecular weight excluding hydrogens is 300 g/mol. The van der Waals surface area contributed by atoms with Gasteiger partial charge in [-0.2, -0.15) is 5.10 Å². The summed E-state index contributed by atoms with van der Waals surface area (Å²) < 4.78 is 1.69. The minimum atomic E-state index is -0.732. The van der Waals surface area contributed by atoms with E-state index >= 15 is 0 Å². The number of aryl methyl sites for hydroxylation is 1. The monoisotopic (exact) mass is 318 g/mol. The summed E-state index contributed by atoms with van der Waals surface area (Å²) in [4.78, 5) is 4.05. The third-order valence-corrected chi connectivity index (χ3v) is 3.24. The van der Waals surface area contributed by atoms with E-state index in [4.69, 9.17) is 11.6 Å². The van der Waals surface area contributed by atoms with Crippen molar-refractivity contribution in [3.05, 3.63) is 40.9 Å². The molecule has 2 heterocycles. The van der Waals surface area contributed by atoms with Crippen LogP contribution in [0.25, 0.3) is 0 Å². The van der Waals surface area contributed by atoms with Crippen molar-refractivity contribution in [1.29, 1.82) is 0 Å². The standard InChI is InChI=1S/C16H19ClN4O/c1-16(2,3)15(22)20-13-7-14(17)18-9-12(13)6-5-11-8-19-21(4)10-11/h7-10,15,22H,1-4H3,(H,18,20). The van der Waals surface area contributed by atoms with Crippen LogP contribution in [0.1, 0.15) is 31.9 Å². The van der Waals surface area contributed by atoms with Crippen LogP contribution in [0.2, 0.25) is 5.15 Å². The van der Waals surface area contributed by atoms with Crippen LogP contribution in [0.4, 0.5) is 5.69 Å². The van der Waals surface area contributed by atoms with Crippen molar-refractivity contribution in [2.24, 2.45) is 12.5 Å². The third-order valence-electron chi connectivity index (χ3n) is 3.03. The number of hydrogen-bond donors (Lipinski definition) is 2. The van der Waals surface area contributed by atoms with E-state index < -0.39 is 6.23 Å². The average molecular weight is 319 g/mol. The summed E-state index contributed by atoms with van der Waals surface area (Å²) in [6.07, 6.45) is 4.37. The second-order valence-electron chi connectivity index (χ2n) is 6.12. The Morgan fingerprint density at radius 3 is 2.64 bits per heavy atom. The lowest BCUT2D eigenvalue weighted by Crippen LogP contribution is -2.33. The van der Waals surface area contributed by atoms with Crippen molar-refractivity contribution < 1.29 is 5.11 Å². The maximum Gasteiger partial charge on any atom is 0.131 e. The average Bonchev–Trinajstić information content (AvgIpc) is 2.82. The zero-order chi connectivity index (χ0) is 16.3. The number of pyridine rings is 1. The zero-order valence-electron chi connectivity index (χ0n) is 13.1. The molecule has 2 aromatic rings. The molecule has 0 aliphatic rings. The molecule has 1 unspecified atom stereocenters. The molecule has 0 aromatic carbocycles. The van der Waals surface area contributed by atoms with Crippen molar-refractivity contribution in [3.8, 4) is 11.8 Å². The summed E-state index contributed by atoms with van der Waals surface area (Å²) >= 11 is 5.94. The van der Waals surface area contributed by atoms with Crippen molar-refractivity contribution in [1.82, 2.24) is 14.8 Å². The topological polar surface area (TPSA) is 63.0 Å². The lowest BCUT2D eigenvalue weighted by Gasteiger charge is -2.27. The van der Waals surface area contributed by atoms with Gasteiger partial charge in [-0.25, -0.2) is 4.98 Å². The molecule has 0 aliphatic heterocycles. The number of aromatic nitrogens is 3. The molecule has 0 fully saturated rings. The molecule has 22 heavy (non-hydrogen) atoms. The molecule has 1 atom stereocenters. The maximum absolute atomic E-state index is 10.2. The molecule has 6 heteroatoms. The van der Waals surface area contributed by atoms with Gasteiger partial charge in [0, 0.05) is 24.9 Å². The summed E-state index contributed by atoms with van der Waals surface area (Å²) in [6, 6.07) is 1.66. The fraction of sp³-hybridized carbons (Fsp3) is 0.375. The molecule has 0 aliphatic carbocycles. The fourth-order valence-electron chi connectivity index (χ4n) is 1.64. The Morgan fingerprint density at radius 1 is 1.32 bits per heavy atom. The molecule has 0 saturated carbocycles. The lowest BCUT2D eigenvalue weighted by molar-refractivity contribution is 0.0880. The second-order valence-corrected chi connectivity index (χ2v) is 6.51. The number of nitrogens with zero attached hydrogens (tertiary/aromatic N) is 3. The van der Waals surface area contributed by atoms with Crippen LogP contribution in [-0.4, -0.2) is 26.1 Å². The largest absolute Gasteiger partial charge is 0.373 e. The van der Waals surface area contributed by atoms with Crippen LogP contribution in [-0.2, 0) is 7.05 Å². The van der Waals surface area contributed by atoms with Crippen LogP contribution < -0.4 is 5.32 Å². The minimum absolute atomic E-state index is 0.316. The van der Waals surface area contributed by atoms with Crippen LogP contribution in [0.3, 0.4) is 0 Å². The van der Waals surface area contributed by atoms with E-state index in [0.29, 0.717) is 16.4 Å². The summed E-state index contributed by atoms with van der Waals surface area (Å²) in [7, 11) is 1.84. The highest BCUT2D eigenvalue weighted by atomic mass is 35.5. The third kappa shape index (κ3) is 4.23. The van der Waals surface area contributed by atoms with E-state index in [-0.39, 0.29) is 5.41 Å². The van der Waals surface area contributed by atoms with E-state index in [2.05, 4.69) is 27.2 Å². The van der Waals surface area contributed by atoms with Gasteiger partial charge in [0.2, 0.25) is 0 Å². The molecule has 0 saturated heterocycles. The van der Waals surface area contributed by atoms with E-state index in [1.807, 2.05) is 34.0 Å². The minimum Gasteiger partial charge on any atom is -0.373 e. The molecule has 2 N–H and O–H groups in total. The quantitative estimate of drug-likeness (QED) is 0.507. The number of nitrogens with one attached hydrogen (secondary N) is 1. The highest BCUT2D eigenvalue weighted by Gasteiger charge is 2.22. The predicted molar refractivity (Wildman–Crippen MR) is 87.5 cm³/mol. The van der Waals surface area contributed by atoms with Gasteiger partial charge in [0.05, 0.1) is 23.0 Å². The van der Waals surface area contributed by atoms with Gasteiger partial charge in [-0.3, -0.25) is 4.68 Å². The molecule has 116 valence electrons. The first kappa shape index (κ1) is 16.3. The van der Waals surface area contributed by atoms with Crippen molar-refractivity contribution in [2.45, 2.75) is 27.0 Å². The molecular formula is C16H19ClN4O. The van der Waals surface area contributed by atoms with Crippen LogP contribution in [0.5, 0.6) is 0 Å². The predicted octanol–water partition coefficient (Wildman–Crippen LogP) is 2.64. The number of halogens is 1. The van der Waals surface area contributed by atoms with Crippen LogP contribution >= 0.6 is 11.6 Å². The summed E-state index contributed by atoms with van der Waals surface area (Å²) in [6.45, 7) is 5.82. The Bertz CT molecular complexity index is 722. The van der Waals surface area contributed by atoms with Gasteiger partial charge in [-0.15, -0.1) is 0 Å². The van der Waals surface area contributed by atoms with E-state index in [1.54, 1.807) is 23.1 Å². The Morgan fingerprint density at radius 2 is 2.05 bits per heavy atom. The molecule has 0 amide bonds. The first-order valence-electron chi connectivity index (χ1n) is 6.86. The fourth-order valence-corrected chi connectivity index (χ4v) is 1.80. The zero-order valence-corrected chi connectivity index (χ0v) is 13.8. The molecule has 5 nitrogen and oxygen atoms in total. The first-order valence-corrected chi connectivity index (χ1v) is 7.24. The number of aliphatic hydroxyl groups excluding tert-OH is 1. The summed E-state index contributed by atoms with van der Waals surface area (Å²) in [5, 5.41) is 17.7. The van der Waals surface area contributed by atoms with Gasteiger partial charge in [0.15, 0.2) is 0 Å². The van der Waals surface area contributed by atoms with E-state index in [0.717, 1.165) is 5.56 Å². The second kappa shape index (κ2) is 6.39. The van der Waals surface area contributed by atoms with E-state index in [9.17, 15) is 5.11 Å². The lowest BCUT2D eigenvalue weighted by atomic mass is 9.94. The van der Waals surface area contributed by atoms with Crippen molar-refractivity contribution in [2.75, 3.05) is 5.32 Å². The molecule has 2 aromatic heterocycles. The van der Waals surface area contributed by atoms with Gasteiger partial charge in [-0.05, 0) is 6.07 Å². The highest BCUT2D eigenvalue weighted by Crippen LogP contribution is 2.24. The Kier molecular flexibility index (Phi) is 4.74. The van der Waals surface area contributed by atoms with E-state index in [1.165, 1.54) is 0 Å². The molecule has 0 bridgehead atoms. The molecule has 2 rings (SSSR count). The van der Waals surface area contributed by atoms with Gasteiger partial charge >= 0.3 is 0 Å². The van der Waals surface area contributed by atoms with Gasteiger partial charge < -0.3 is 10.4 Å². The Labute approximate surface area is 135 Å². The van der Waals surface area contributed by atoms with Crippen molar-refractivity contribution >= 4 is 17.3 Å². The van der Waals surface area contributed by atoms with Gasteiger partial charge in [-0.1, -0.05) is 44.2 Å². The molecule has 0 spiro atoms. The molecule has 0 radical (unpaired) electrons. The van der Waals surface area contributed by atoms with Gasteiger partial charge in [0.25, 0.3) is 0 Å². The maximum atomic E-state index is 10.2. The summed E-state index contributed by atoms with van der Waals surface area (Å²) in [5.41, 5.74) is 1.80. The first-order chi connectivity index (χ1) is 10.3. The van der Waals surface area contributed by atoms with Crippen LogP contribution in [0, 0.1) is 17.3 Å². The normalized spacial score (nSPS) is 12.5. The SMILES string of the molecule is Cn1cc(C#Cc2cnc(Cl)cc2NC(O)C(C)(C)C)cn1. The van der Waals surface area contributed by atoms with Gasteiger partial charge in [0.1, 0.15) is 11.4 Å². The van der Waals surface area contributed by atoms with Crippen molar-refractivity contribution in [3.63, 3.8) is 0 Å². The smallest absolute Gasteiger partial charge is 0.131 e. The van der Waals surface area contributed by atoms with Crippen LogP contribution in [0.15, 0.2) is 24.7 Å². The summed E-state index contributed by atoms with van der Waals surface area (Å²) in [5.74, 6) is 6.04. The number of hydrogen-bond acceptors (Lipinski definition) is 4. The number of rotatable bonds is 2. The Balaban J connectivity index is 2.30. The Hall–Kier alpha value is -2.03. The number of anilines is 1. The number of aliphatic hydroxyl groups is 1.